The van der Waals surface area contributed by atoms with Crippen molar-refractivity contribution in [2.75, 3.05) is 18.5 Å². The topological polar surface area (TPSA) is 58.0 Å². The summed E-state index contributed by atoms with van der Waals surface area (Å²) in [6.07, 6.45) is 5.14. The molecule has 2 rings (SSSR count). The van der Waals surface area contributed by atoms with Gasteiger partial charge in [-0.05, 0) is 12.8 Å². The largest absolute Gasteiger partial charge is 0.396 e. The molecule has 0 aliphatic heterocycles. The first-order valence-electron chi connectivity index (χ1n) is 4.56. The van der Waals surface area contributed by atoms with E-state index in [1.807, 2.05) is 0 Å². The highest BCUT2D eigenvalue weighted by atomic mass is 35.5. The van der Waals surface area contributed by atoms with Crippen LogP contribution in [0.25, 0.3) is 0 Å². The van der Waals surface area contributed by atoms with E-state index in [4.69, 9.17) is 16.7 Å². The quantitative estimate of drug-likeness (QED) is 0.792. The third-order valence-electron chi connectivity index (χ3n) is 2.59. The van der Waals surface area contributed by atoms with Gasteiger partial charge in [0.05, 0.1) is 12.8 Å². The zero-order chi connectivity index (χ0) is 10.0. The lowest BCUT2D eigenvalue weighted by Gasteiger charge is -2.13. The van der Waals surface area contributed by atoms with E-state index < -0.39 is 0 Å². The monoisotopic (exact) mass is 213 g/mol. The Hall–Kier alpha value is -0.870. The highest BCUT2D eigenvalue weighted by Crippen LogP contribution is 2.45. The van der Waals surface area contributed by atoms with Gasteiger partial charge in [-0.1, -0.05) is 11.6 Å². The molecule has 0 saturated heterocycles. The predicted octanol–water partition coefficient (Wildman–Crippen LogP) is 1.31. The van der Waals surface area contributed by atoms with E-state index in [-0.39, 0.29) is 12.0 Å². The van der Waals surface area contributed by atoms with Crippen LogP contribution in [-0.4, -0.2) is 28.2 Å². The van der Waals surface area contributed by atoms with Crippen LogP contribution in [0.1, 0.15) is 12.8 Å². The minimum absolute atomic E-state index is 0.0638. The molecule has 14 heavy (non-hydrogen) atoms. The number of anilines is 1. The maximum Gasteiger partial charge on any atom is 0.148 e. The Morgan fingerprint density at radius 1 is 1.57 bits per heavy atom. The molecule has 0 unspecified atom stereocenters. The number of aliphatic hydroxyl groups is 1. The average Bonchev–Trinajstić information content (AvgIpc) is 2.98. The summed E-state index contributed by atoms with van der Waals surface area (Å²) in [5.74, 6) is 0.640. The third kappa shape index (κ3) is 1.96. The molecule has 0 atom stereocenters. The van der Waals surface area contributed by atoms with Gasteiger partial charge in [-0.25, -0.2) is 9.97 Å². The van der Waals surface area contributed by atoms with Gasteiger partial charge in [0.15, 0.2) is 0 Å². The van der Waals surface area contributed by atoms with E-state index in [0.717, 1.165) is 19.4 Å². The predicted molar refractivity (Wildman–Crippen MR) is 54.3 cm³/mol. The smallest absolute Gasteiger partial charge is 0.148 e. The van der Waals surface area contributed by atoms with Gasteiger partial charge in [-0.2, -0.15) is 0 Å². The summed E-state index contributed by atoms with van der Waals surface area (Å²) in [5.41, 5.74) is 0.0638. The van der Waals surface area contributed by atoms with Crippen LogP contribution in [0, 0.1) is 5.41 Å². The number of rotatable bonds is 4. The summed E-state index contributed by atoms with van der Waals surface area (Å²) in [6.45, 7) is 0.947. The number of nitrogens with one attached hydrogen (secondary N) is 1. The maximum absolute atomic E-state index is 9.10. The van der Waals surface area contributed by atoms with Gasteiger partial charge < -0.3 is 10.4 Å². The standard InChI is InChI=1S/C9H12ClN3O/c10-7-3-11-6-13-8(7)12-4-9(5-14)1-2-9/h3,6,14H,1-2,4-5H2,(H,11,12,13). The summed E-state index contributed by atoms with van der Waals surface area (Å²) in [5, 5.41) is 12.7. The molecule has 1 aliphatic rings. The first-order chi connectivity index (χ1) is 6.76. The van der Waals surface area contributed by atoms with Crippen molar-refractivity contribution in [2.45, 2.75) is 12.8 Å². The summed E-state index contributed by atoms with van der Waals surface area (Å²) < 4.78 is 0. The second kappa shape index (κ2) is 3.71. The SMILES string of the molecule is OCC1(CNc2ncncc2Cl)CC1. The Morgan fingerprint density at radius 3 is 2.93 bits per heavy atom. The number of nitrogens with zero attached hydrogens (tertiary/aromatic N) is 2. The molecule has 1 aliphatic carbocycles. The molecular weight excluding hydrogens is 202 g/mol. The Kier molecular flexibility index (Phi) is 2.56. The number of aromatic nitrogens is 2. The Bertz CT molecular complexity index is 328. The van der Waals surface area contributed by atoms with E-state index in [9.17, 15) is 0 Å². The molecule has 1 heterocycles. The highest BCUT2D eigenvalue weighted by molar-refractivity contribution is 6.32. The molecule has 1 aromatic heterocycles. The molecule has 0 amide bonds. The molecule has 76 valence electrons. The molecule has 0 radical (unpaired) electrons. The van der Waals surface area contributed by atoms with Gasteiger partial charge in [0.1, 0.15) is 17.2 Å². The Labute approximate surface area is 87.3 Å². The van der Waals surface area contributed by atoms with Crippen LogP contribution < -0.4 is 5.32 Å². The van der Waals surface area contributed by atoms with Crippen LogP contribution >= 0.6 is 11.6 Å². The lowest BCUT2D eigenvalue weighted by atomic mass is 10.1. The maximum atomic E-state index is 9.10. The van der Waals surface area contributed by atoms with Crippen LogP contribution in [0.3, 0.4) is 0 Å². The minimum atomic E-state index is 0.0638. The molecular formula is C9H12ClN3O. The first kappa shape index (κ1) is 9.68. The minimum Gasteiger partial charge on any atom is -0.396 e. The Morgan fingerprint density at radius 2 is 2.36 bits per heavy atom. The summed E-state index contributed by atoms with van der Waals surface area (Å²) in [4.78, 5) is 7.80. The van der Waals surface area contributed by atoms with E-state index in [1.165, 1.54) is 6.33 Å². The van der Waals surface area contributed by atoms with Crippen molar-refractivity contribution in [3.8, 4) is 0 Å². The van der Waals surface area contributed by atoms with Crippen molar-refractivity contribution in [1.29, 1.82) is 0 Å². The fourth-order valence-electron chi connectivity index (χ4n) is 1.28. The van der Waals surface area contributed by atoms with Gasteiger partial charge in [0, 0.05) is 12.0 Å². The van der Waals surface area contributed by atoms with Crippen molar-refractivity contribution in [3.05, 3.63) is 17.5 Å². The van der Waals surface area contributed by atoms with Crippen molar-refractivity contribution in [2.24, 2.45) is 5.41 Å². The zero-order valence-corrected chi connectivity index (χ0v) is 8.46. The lowest BCUT2D eigenvalue weighted by Crippen LogP contribution is -2.19. The second-order valence-corrected chi connectivity index (χ2v) is 4.14. The van der Waals surface area contributed by atoms with Crippen molar-refractivity contribution in [3.63, 3.8) is 0 Å². The number of hydrogen-bond donors (Lipinski definition) is 2. The van der Waals surface area contributed by atoms with Crippen LogP contribution in [0.5, 0.6) is 0 Å². The van der Waals surface area contributed by atoms with Gasteiger partial charge in [0.2, 0.25) is 0 Å². The molecule has 4 nitrogen and oxygen atoms in total. The van der Waals surface area contributed by atoms with Gasteiger partial charge >= 0.3 is 0 Å². The molecule has 1 saturated carbocycles. The first-order valence-corrected chi connectivity index (χ1v) is 4.94. The van der Waals surface area contributed by atoms with E-state index >= 15 is 0 Å². The van der Waals surface area contributed by atoms with E-state index in [1.54, 1.807) is 6.20 Å². The van der Waals surface area contributed by atoms with Crippen molar-refractivity contribution in [1.82, 2.24) is 9.97 Å². The number of aliphatic hydroxyl groups excluding tert-OH is 1. The van der Waals surface area contributed by atoms with Gasteiger partial charge in [0.25, 0.3) is 0 Å². The van der Waals surface area contributed by atoms with E-state index in [2.05, 4.69) is 15.3 Å². The van der Waals surface area contributed by atoms with Crippen molar-refractivity contribution < 1.29 is 5.11 Å². The fourth-order valence-corrected chi connectivity index (χ4v) is 1.45. The molecule has 5 heteroatoms. The van der Waals surface area contributed by atoms with Crippen LogP contribution in [0.15, 0.2) is 12.5 Å². The summed E-state index contributed by atoms with van der Waals surface area (Å²) in [6, 6.07) is 0. The van der Waals surface area contributed by atoms with Crippen LogP contribution in [0.4, 0.5) is 5.82 Å². The number of hydrogen-bond acceptors (Lipinski definition) is 4. The summed E-state index contributed by atoms with van der Waals surface area (Å²) in [7, 11) is 0. The van der Waals surface area contributed by atoms with Crippen molar-refractivity contribution >= 4 is 17.4 Å². The highest BCUT2D eigenvalue weighted by Gasteiger charge is 2.41. The lowest BCUT2D eigenvalue weighted by molar-refractivity contribution is 0.219. The summed E-state index contributed by atoms with van der Waals surface area (Å²) >= 11 is 5.87. The molecule has 0 spiro atoms. The van der Waals surface area contributed by atoms with Crippen LogP contribution in [0.2, 0.25) is 5.02 Å². The van der Waals surface area contributed by atoms with Gasteiger partial charge in [-0.15, -0.1) is 0 Å². The molecule has 1 aromatic rings. The third-order valence-corrected chi connectivity index (χ3v) is 2.87. The van der Waals surface area contributed by atoms with Crippen LogP contribution in [-0.2, 0) is 0 Å². The van der Waals surface area contributed by atoms with Gasteiger partial charge in [-0.3, -0.25) is 0 Å². The average molecular weight is 214 g/mol. The number of halogens is 1. The zero-order valence-electron chi connectivity index (χ0n) is 7.70. The normalized spacial score (nSPS) is 17.9. The molecule has 1 fully saturated rings. The molecule has 2 N–H and O–H groups in total. The van der Waals surface area contributed by atoms with E-state index in [0.29, 0.717) is 10.8 Å². The Balaban J connectivity index is 1.95. The molecule has 0 bridgehead atoms. The molecule has 0 aromatic carbocycles. The fraction of sp³-hybridized carbons (Fsp3) is 0.556. The second-order valence-electron chi connectivity index (χ2n) is 3.73.